The van der Waals surface area contributed by atoms with E-state index in [1.807, 2.05) is 6.92 Å². The van der Waals surface area contributed by atoms with Crippen molar-refractivity contribution in [3.8, 4) is 5.75 Å². The lowest BCUT2D eigenvalue weighted by Gasteiger charge is -2.24. The van der Waals surface area contributed by atoms with Crippen molar-refractivity contribution >= 4 is 0 Å². The van der Waals surface area contributed by atoms with Crippen LogP contribution in [0.2, 0.25) is 0 Å². The van der Waals surface area contributed by atoms with Crippen LogP contribution in [0.4, 0.5) is 4.39 Å². The van der Waals surface area contributed by atoms with Gasteiger partial charge in [-0.2, -0.15) is 0 Å². The van der Waals surface area contributed by atoms with Crippen LogP contribution in [0, 0.1) is 12.7 Å². The van der Waals surface area contributed by atoms with Gasteiger partial charge in [0.05, 0.1) is 0 Å². The topological polar surface area (TPSA) is 21.3 Å². The highest BCUT2D eigenvalue weighted by atomic mass is 19.1. The van der Waals surface area contributed by atoms with Crippen LogP contribution in [0.1, 0.15) is 18.4 Å². The van der Waals surface area contributed by atoms with Crippen LogP contribution in [-0.2, 0) is 0 Å². The summed E-state index contributed by atoms with van der Waals surface area (Å²) in [6.45, 7) is 3.91. The van der Waals surface area contributed by atoms with E-state index in [4.69, 9.17) is 4.74 Å². The predicted octanol–water partition coefficient (Wildman–Crippen LogP) is 2.26. The minimum Gasteiger partial charge on any atom is -0.490 e. The molecule has 1 aromatic carbocycles. The van der Waals surface area contributed by atoms with Gasteiger partial charge in [-0.1, -0.05) is 6.07 Å². The highest BCUT2D eigenvalue weighted by Crippen LogP contribution is 2.22. The number of benzene rings is 1. The predicted molar refractivity (Wildman–Crippen MR) is 57.7 cm³/mol. The molecule has 1 heterocycles. The smallest absolute Gasteiger partial charge is 0.126 e. The van der Waals surface area contributed by atoms with Gasteiger partial charge < -0.3 is 10.1 Å². The molecule has 0 atom stereocenters. The zero-order chi connectivity index (χ0) is 10.7. The highest BCUT2D eigenvalue weighted by molar-refractivity contribution is 5.32. The molecular formula is C12H16FNO. The lowest BCUT2D eigenvalue weighted by molar-refractivity contribution is 0.161. The van der Waals surface area contributed by atoms with E-state index in [0.29, 0.717) is 5.75 Å². The number of halogens is 1. The first-order valence-corrected chi connectivity index (χ1v) is 5.39. The normalized spacial score (nSPS) is 17.7. The van der Waals surface area contributed by atoms with Gasteiger partial charge in [-0.05, 0) is 44.5 Å². The minimum atomic E-state index is -0.232. The Kier molecular flexibility index (Phi) is 3.21. The first-order valence-electron chi connectivity index (χ1n) is 5.39. The standard InChI is InChI=1S/C12H16FNO/c1-9-2-3-10(13)8-12(9)15-11-4-6-14-7-5-11/h2-3,8,11,14H,4-7H2,1H3. The Balaban J connectivity index is 2.05. The van der Waals surface area contributed by atoms with Crippen molar-refractivity contribution in [1.29, 1.82) is 0 Å². The van der Waals surface area contributed by atoms with E-state index in [1.54, 1.807) is 6.07 Å². The van der Waals surface area contributed by atoms with Crippen LogP contribution in [-0.4, -0.2) is 19.2 Å². The Labute approximate surface area is 89.4 Å². The van der Waals surface area contributed by atoms with Gasteiger partial charge in [0.15, 0.2) is 0 Å². The maximum absolute atomic E-state index is 13.0. The Hall–Kier alpha value is -1.09. The first kappa shape index (κ1) is 10.4. The van der Waals surface area contributed by atoms with Crippen LogP contribution in [0.3, 0.4) is 0 Å². The third-order valence-electron chi connectivity index (χ3n) is 2.73. The summed E-state index contributed by atoms with van der Waals surface area (Å²) in [7, 11) is 0. The molecule has 0 bridgehead atoms. The van der Waals surface area contributed by atoms with E-state index in [0.717, 1.165) is 31.5 Å². The Morgan fingerprint density at radius 2 is 2.07 bits per heavy atom. The largest absolute Gasteiger partial charge is 0.490 e. The van der Waals surface area contributed by atoms with E-state index in [2.05, 4.69) is 5.32 Å². The van der Waals surface area contributed by atoms with E-state index in [-0.39, 0.29) is 11.9 Å². The number of aryl methyl sites for hydroxylation is 1. The Morgan fingerprint density at radius 3 is 2.80 bits per heavy atom. The third-order valence-corrected chi connectivity index (χ3v) is 2.73. The van der Waals surface area contributed by atoms with E-state index in [9.17, 15) is 4.39 Å². The molecule has 0 unspecified atom stereocenters. The van der Waals surface area contributed by atoms with Gasteiger partial charge in [0.1, 0.15) is 17.7 Å². The second-order valence-corrected chi connectivity index (χ2v) is 3.98. The lowest BCUT2D eigenvalue weighted by atomic mass is 10.1. The number of hydrogen-bond donors (Lipinski definition) is 1. The van der Waals surface area contributed by atoms with E-state index >= 15 is 0 Å². The highest BCUT2D eigenvalue weighted by Gasteiger charge is 2.15. The second kappa shape index (κ2) is 4.62. The van der Waals surface area contributed by atoms with E-state index in [1.165, 1.54) is 12.1 Å². The molecule has 2 rings (SSSR count). The maximum Gasteiger partial charge on any atom is 0.126 e. The molecule has 1 aromatic rings. The van der Waals surface area contributed by atoms with Gasteiger partial charge in [0.25, 0.3) is 0 Å². The molecule has 2 nitrogen and oxygen atoms in total. The fraction of sp³-hybridized carbons (Fsp3) is 0.500. The molecule has 15 heavy (non-hydrogen) atoms. The molecule has 0 aliphatic carbocycles. The SMILES string of the molecule is Cc1ccc(F)cc1OC1CCNCC1. The molecule has 82 valence electrons. The zero-order valence-corrected chi connectivity index (χ0v) is 8.92. The molecule has 0 amide bonds. The summed E-state index contributed by atoms with van der Waals surface area (Å²) in [4.78, 5) is 0. The molecule has 0 radical (unpaired) electrons. The summed E-state index contributed by atoms with van der Waals surface area (Å²) in [6.07, 6.45) is 2.22. The number of hydrogen-bond acceptors (Lipinski definition) is 2. The number of nitrogens with one attached hydrogen (secondary N) is 1. The summed E-state index contributed by atoms with van der Waals surface area (Å²) >= 11 is 0. The van der Waals surface area contributed by atoms with Gasteiger partial charge in [0.2, 0.25) is 0 Å². The Morgan fingerprint density at radius 1 is 1.33 bits per heavy atom. The average Bonchev–Trinajstić information content (AvgIpc) is 2.25. The molecular weight excluding hydrogens is 193 g/mol. The summed E-state index contributed by atoms with van der Waals surface area (Å²) in [5.41, 5.74) is 0.995. The third kappa shape index (κ3) is 2.69. The van der Waals surface area contributed by atoms with Crippen molar-refractivity contribution in [2.45, 2.75) is 25.9 Å². The van der Waals surface area contributed by atoms with Gasteiger partial charge in [-0.15, -0.1) is 0 Å². The molecule has 0 saturated carbocycles. The van der Waals surface area contributed by atoms with Crippen molar-refractivity contribution in [1.82, 2.24) is 5.32 Å². The quantitative estimate of drug-likeness (QED) is 0.806. The van der Waals surface area contributed by atoms with Crippen LogP contribution >= 0.6 is 0 Å². The van der Waals surface area contributed by atoms with Gasteiger partial charge >= 0.3 is 0 Å². The Bertz CT molecular complexity index is 334. The monoisotopic (exact) mass is 209 g/mol. The first-order chi connectivity index (χ1) is 7.25. The molecule has 1 N–H and O–H groups in total. The second-order valence-electron chi connectivity index (χ2n) is 3.98. The van der Waals surface area contributed by atoms with Crippen LogP contribution in [0.25, 0.3) is 0 Å². The van der Waals surface area contributed by atoms with Gasteiger partial charge in [0, 0.05) is 6.07 Å². The van der Waals surface area contributed by atoms with Crippen LogP contribution in [0.5, 0.6) is 5.75 Å². The summed E-state index contributed by atoms with van der Waals surface area (Å²) < 4.78 is 18.8. The van der Waals surface area contributed by atoms with Crippen molar-refractivity contribution in [2.24, 2.45) is 0 Å². The summed E-state index contributed by atoms with van der Waals surface area (Å²) in [6, 6.07) is 4.69. The van der Waals surface area contributed by atoms with Gasteiger partial charge in [-0.3, -0.25) is 0 Å². The minimum absolute atomic E-state index is 0.228. The summed E-state index contributed by atoms with van der Waals surface area (Å²) in [5.74, 6) is 0.450. The molecule has 0 aromatic heterocycles. The average molecular weight is 209 g/mol. The number of piperidine rings is 1. The van der Waals surface area contributed by atoms with Crippen molar-refractivity contribution in [3.05, 3.63) is 29.6 Å². The van der Waals surface area contributed by atoms with E-state index < -0.39 is 0 Å². The molecule has 1 saturated heterocycles. The number of rotatable bonds is 2. The fourth-order valence-corrected chi connectivity index (χ4v) is 1.79. The van der Waals surface area contributed by atoms with Crippen molar-refractivity contribution in [2.75, 3.05) is 13.1 Å². The van der Waals surface area contributed by atoms with Crippen LogP contribution < -0.4 is 10.1 Å². The lowest BCUT2D eigenvalue weighted by Crippen LogP contribution is -2.34. The zero-order valence-electron chi connectivity index (χ0n) is 8.92. The molecule has 1 aliphatic heterocycles. The van der Waals surface area contributed by atoms with Gasteiger partial charge in [-0.25, -0.2) is 4.39 Å². The van der Waals surface area contributed by atoms with Crippen molar-refractivity contribution in [3.63, 3.8) is 0 Å². The van der Waals surface area contributed by atoms with Crippen molar-refractivity contribution < 1.29 is 9.13 Å². The fourth-order valence-electron chi connectivity index (χ4n) is 1.79. The van der Waals surface area contributed by atoms with Crippen LogP contribution in [0.15, 0.2) is 18.2 Å². The molecule has 1 fully saturated rings. The number of ether oxygens (including phenoxy) is 1. The molecule has 3 heteroatoms. The molecule has 1 aliphatic rings. The maximum atomic E-state index is 13.0. The summed E-state index contributed by atoms with van der Waals surface area (Å²) in [5, 5.41) is 3.27. The molecule has 0 spiro atoms.